The van der Waals surface area contributed by atoms with E-state index in [0.29, 0.717) is 25.5 Å². The van der Waals surface area contributed by atoms with Crippen molar-refractivity contribution >= 4 is 17.6 Å². The largest absolute Gasteiger partial charge is 0.473 e. The van der Waals surface area contributed by atoms with Crippen LogP contribution >= 0.6 is 11.7 Å². The molecule has 0 fully saturated rings. The second kappa shape index (κ2) is 7.93. The number of ether oxygens (including phenoxy) is 1. The summed E-state index contributed by atoms with van der Waals surface area (Å²) < 4.78 is 12.8. The van der Waals surface area contributed by atoms with Crippen LogP contribution in [0, 0.1) is 0 Å². The molecule has 1 aromatic heterocycles. The van der Waals surface area contributed by atoms with E-state index in [1.165, 1.54) is 13.1 Å². The summed E-state index contributed by atoms with van der Waals surface area (Å²) in [6, 6.07) is 0. The molecule has 1 rings (SSSR count). The number of aliphatic hydroxyl groups excluding tert-OH is 1. The van der Waals surface area contributed by atoms with Crippen molar-refractivity contribution in [3.63, 3.8) is 0 Å². The van der Waals surface area contributed by atoms with Crippen LogP contribution in [0.2, 0.25) is 0 Å². The first-order valence-corrected chi connectivity index (χ1v) is 5.95. The van der Waals surface area contributed by atoms with E-state index in [-0.39, 0.29) is 12.5 Å². The highest BCUT2D eigenvalue weighted by Gasteiger charge is 2.05. The third-order valence-corrected chi connectivity index (χ3v) is 2.28. The van der Waals surface area contributed by atoms with Gasteiger partial charge in [0.25, 0.3) is 0 Å². The maximum absolute atomic E-state index is 10.6. The number of aromatic nitrogens is 2. The number of hydrogen-bond donors (Lipinski definition) is 3. The van der Waals surface area contributed by atoms with Crippen molar-refractivity contribution in [2.45, 2.75) is 13.0 Å². The van der Waals surface area contributed by atoms with Crippen molar-refractivity contribution in [3.05, 3.63) is 6.20 Å². The van der Waals surface area contributed by atoms with Crippen LogP contribution in [0.4, 0.5) is 0 Å². The van der Waals surface area contributed by atoms with E-state index in [2.05, 4.69) is 19.4 Å². The SMILES string of the molecule is CC(=O)NCCNCC(O)COc1cnsn1. The predicted octanol–water partition coefficient (Wildman–Crippen LogP) is -0.996. The normalized spacial score (nSPS) is 12.1. The van der Waals surface area contributed by atoms with Gasteiger partial charge in [0.05, 0.1) is 11.7 Å². The van der Waals surface area contributed by atoms with Gasteiger partial charge in [-0.2, -0.15) is 4.37 Å². The lowest BCUT2D eigenvalue weighted by Crippen LogP contribution is -2.36. The van der Waals surface area contributed by atoms with Crippen molar-refractivity contribution in [2.75, 3.05) is 26.2 Å². The molecular weight excluding hydrogens is 244 g/mol. The third-order valence-electron chi connectivity index (χ3n) is 1.82. The summed E-state index contributed by atoms with van der Waals surface area (Å²) in [7, 11) is 0. The highest BCUT2D eigenvalue weighted by Crippen LogP contribution is 2.04. The Hall–Kier alpha value is -1.25. The van der Waals surface area contributed by atoms with Crippen molar-refractivity contribution in [1.29, 1.82) is 0 Å². The molecule has 0 spiro atoms. The second-order valence-corrected chi connectivity index (χ2v) is 3.95. The Labute approximate surface area is 104 Å². The van der Waals surface area contributed by atoms with Gasteiger partial charge in [-0.25, -0.2) is 0 Å². The van der Waals surface area contributed by atoms with Crippen molar-refractivity contribution in [3.8, 4) is 5.88 Å². The average molecular weight is 260 g/mol. The van der Waals surface area contributed by atoms with Crippen LogP contribution in [0.5, 0.6) is 5.88 Å². The minimum Gasteiger partial charge on any atom is -0.473 e. The van der Waals surface area contributed by atoms with Gasteiger partial charge in [-0.15, -0.1) is 4.37 Å². The molecule has 0 saturated carbocycles. The van der Waals surface area contributed by atoms with E-state index in [0.717, 1.165) is 11.7 Å². The Morgan fingerprint density at radius 2 is 2.47 bits per heavy atom. The number of aliphatic hydroxyl groups is 1. The quantitative estimate of drug-likeness (QED) is 0.519. The van der Waals surface area contributed by atoms with Crippen LogP contribution in [0.1, 0.15) is 6.92 Å². The minimum absolute atomic E-state index is 0.0632. The minimum atomic E-state index is -0.617. The predicted molar refractivity (Wildman–Crippen MR) is 63.0 cm³/mol. The van der Waals surface area contributed by atoms with Crippen molar-refractivity contribution < 1.29 is 14.6 Å². The molecule has 0 saturated heterocycles. The Bertz CT molecular complexity index is 320. The molecule has 1 atom stereocenters. The Kier molecular flexibility index (Phi) is 6.45. The number of nitrogens with one attached hydrogen (secondary N) is 2. The van der Waals surface area contributed by atoms with Gasteiger partial charge >= 0.3 is 0 Å². The molecule has 3 N–H and O–H groups in total. The molecule has 7 nitrogen and oxygen atoms in total. The van der Waals surface area contributed by atoms with Crippen LogP contribution < -0.4 is 15.4 Å². The fourth-order valence-electron chi connectivity index (χ4n) is 1.06. The molecule has 1 aromatic rings. The Morgan fingerprint density at radius 3 is 3.12 bits per heavy atom. The molecule has 0 aliphatic carbocycles. The first kappa shape index (κ1) is 13.8. The Morgan fingerprint density at radius 1 is 1.65 bits per heavy atom. The molecule has 8 heteroatoms. The lowest BCUT2D eigenvalue weighted by Gasteiger charge is -2.11. The molecular formula is C9H16N4O3S. The Balaban J connectivity index is 1.97. The lowest BCUT2D eigenvalue weighted by atomic mass is 10.4. The van der Waals surface area contributed by atoms with Gasteiger partial charge < -0.3 is 20.5 Å². The summed E-state index contributed by atoms with van der Waals surface area (Å²) in [5.74, 6) is 0.360. The highest BCUT2D eigenvalue weighted by molar-refractivity contribution is 6.99. The van der Waals surface area contributed by atoms with E-state index in [4.69, 9.17) is 4.74 Å². The molecule has 0 aliphatic rings. The molecule has 96 valence electrons. The molecule has 1 heterocycles. The van der Waals surface area contributed by atoms with Crippen molar-refractivity contribution in [1.82, 2.24) is 19.4 Å². The maximum Gasteiger partial charge on any atom is 0.245 e. The number of amides is 1. The van der Waals surface area contributed by atoms with Crippen LogP contribution in [-0.2, 0) is 4.79 Å². The fourth-order valence-corrected chi connectivity index (χ4v) is 1.42. The summed E-state index contributed by atoms with van der Waals surface area (Å²) in [5, 5.41) is 15.2. The number of hydrogen-bond acceptors (Lipinski definition) is 7. The van der Waals surface area contributed by atoms with Gasteiger partial charge in [-0.3, -0.25) is 4.79 Å². The first-order valence-electron chi connectivity index (χ1n) is 5.22. The van der Waals surface area contributed by atoms with Crippen LogP contribution in [0.15, 0.2) is 6.20 Å². The molecule has 0 radical (unpaired) electrons. The summed E-state index contributed by atoms with van der Waals surface area (Å²) in [6.45, 7) is 3.17. The molecule has 0 aliphatic heterocycles. The van der Waals surface area contributed by atoms with Crippen LogP contribution in [0.3, 0.4) is 0 Å². The van der Waals surface area contributed by atoms with Gasteiger partial charge in [0.15, 0.2) is 0 Å². The fraction of sp³-hybridized carbons (Fsp3) is 0.667. The highest BCUT2D eigenvalue weighted by atomic mass is 32.1. The zero-order valence-corrected chi connectivity index (χ0v) is 10.4. The third kappa shape index (κ3) is 6.82. The number of rotatable bonds is 8. The smallest absolute Gasteiger partial charge is 0.245 e. The zero-order chi connectivity index (χ0) is 12.5. The molecule has 0 aromatic carbocycles. The zero-order valence-electron chi connectivity index (χ0n) is 9.55. The van der Waals surface area contributed by atoms with Gasteiger partial charge in [0, 0.05) is 26.6 Å². The van der Waals surface area contributed by atoms with Crippen LogP contribution in [0.25, 0.3) is 0 Å². The van der Waals surface area contributed by atoms with E-state index in [9.17, 15) is 9.90 Å². The molecule has 0 bridgehead atoms. The topological polar surface area (TPSA) is 96.4 Å². The molecule has 17 heavy (non-hydrogen) atoms. The second-order valence-electron chi connectivity index (χ2n) is 3.40. The average Bonchev–Trinajstić information content (AvgIpc) is 2.78. The molecule has 1 unspecified atom stereocenters. The molecule has 1 amide bonds. The van der Waals surface area contributed by atoms with E-state index in [1.54, 1.807) is 0 Å². The number of carbonyl (C=O) groups is 1. The summed E-state index contributed by atoms with van der Waals surface area (Å²) in [6.07, 6.45) is 0.885. The van der Waals surface area contributed by atoms with Gasteiger partial charge in [0.1, 0.15) is 18.9 Å². The first-order chi connectivity index (χ1) is 8.18. The van der Waals surface area contributed by atoms with Gasteiger partial charge in [0.2, 0.25) is 11.8 Å². The van der Waals surface area contributed by atoms with Crippen LogP contribution in [-0.4, -0.2) is 52.1 Å². The summed E-state index contributed by atoms with van der Waals surface area (Å²) in [5.41, 5.74) is 0. The lowest BCUT2D eigenvalue weighted by molar-refractivity contribution is -0.118. The monoisotopic (exact) mass is 260 g/mol. The van der Waals surface area contributed by atoms with E-state index in [1.807, 2.05) is 0 Å². The van der Waals surface area contributed by atoms with Gasteiger partial charge in [-0.1, -0.05) is 0 Å². The summed E-state index contributed by atoms with van der Waals surface area (Å²) in [4.78, 5) is 10.6. The summed E-state index contributed by atoms with van der Waals surface area (Å²) >= 11 is 1.06. The standard InChI is InChI=1S/C9H16N4O3S/c1-7(14)11-3-2-10-4-8(15)6-16-9-5-12-17-13-9/h5,8,10,15H,2-4,6H2,1H3,(H,11,14). The van der Waals surface area contributed by atoms with E-state index >= 15 is 0 Å². The number of nitrogens with zero attached hydrogens (tertiary/aromatic N) is 2. The number of carbonyl (C=O) groups excluding carboxylic acids is 1. The van der Waals surface area contributed by atoms with Gasteiger partial charge in [-0.05, 0) is 0 Å². The van der Waals surface area contributed by atoms with E-state index < -0.39 is 6.10 Å². The van der Waals surface area contributed by atoms with Crippen molar-refractivity contribution in [2.24, 2.45) is 0 Å². The maximum atomic E-state index is 10.6.